The van der Waals surface area contributed by atoms with Crippen molar-refractivity contribution in [3.8, 4) is 0 Å². The summed E-state index contributed by atoms with van der Waals surface area (Å²) >= 11 is 5.35. The van der Waals surface area contributed by atoms with Crippen molar-refractivity contribution in [1.82, 2.24) is 10.2 Å². The van der Waals surface area contributed by atoms with Gasteiger partial charge in [0.05, 0.1) is 3.79 Å². The standard InChI is InChI=1S/C11H17BrN2S/c1-11(2)8-13-5-6-14(11)7-9-3-4-10(12)15-9/h3-4,13H,5-8H2,1-2H3. The molecule has 2 nitrogen and oxygen atoms in total. The highest BCUT2D eigenvalue weighted by molar-refractivity contribution is 9.11. The average molecular weight is 289 g/mol. The number of rotatable bonds is 2. The maximum absolute atomic E-state index is 3.51. The van der Waals surface area contributed by atoms with Gasteiger partial charge in [-0.05, 0) is 41.9 Å². The molecule has 4 heteroatoms. The van der Waals surface area contributed by atoms with Crippen molar-refractivity contribution in [3.63, 3.8) is 0 Å². The SMILES string of the molecule is CC1(C)CNCCN1Cc1ccc(Br)s1. The van der Waals surface area contributed by atoms with Crippen molar-refractivity contribution < 1.29 is 0 Å². The smallest absolute Gasteiger partial charge is 0.0701 e. The van der Waals surface area contributed by atoms with Crippen molar-refractivity contribution >= 4 is 27.3 Å². The van der Waals surface area contributed by atoms with Gasteiger partial charge in [-0.3, -0.25) is 4.90 Å². The van der Waals surface area contributed by atoms with E-state index in [2.05, 4.69) is 52.1 Å². The lowest BCUT2D eigenvalue weighted by Gasteiger charge is -2.42. The number of thiophene rings is 1. The van der Waals surface area contributed by atoms with Gasteiger partial charge in [-0.1, -0.05) is 0 Å². The van der Waals surface area contributed by atoms with Crippen LogP contribution in [0.1, 0.15) is 18.7 Å². The van der Waals surface area contributed by atoms with Crippen molar-refractivity contribution in [2.45, 2.75) is 25.9 Å². The summed E-state index contributed by atoms with van der Waals surface area (Å²) in [7, 11) is 0. The highest BCUT2D eigenvalue weighted by Crippen LogP contribution is 2.26. The molecule has 2 heterocycles. The fourth-order valence-corrected chi connectivity index (χ4v) is 3.44. The van der Waals surface area contributed by atoms with Gasteiger partial charge in [-0.25, -0.2) is 0 Å². The number of nitrogens with one attached hydrogen (secondary N) is 1. The van der Waals surface area contributed by atoms with Gasteiger partial charge in [0.25, 0.3) is 0 Å². The van der Waals surface area contributed by atoms with E-state index in [-0.39, 0.29) is 5.54 Å². The van der Waals surface area contributed by atoms with E-state index in [0.717, 1.165) is 26.2 Å². The summed E-state index contributed by atoms with van der Waals surface area (Å²) < 4.78 is 1.23. The molecule has 15 heavy (non-hydrogen) atoms. The van der Waals surface area contributed by atoms with E-state index in [9.17, 15) is 0 Å². The summed E-state index contributed by atoms with van der Waals surface area (Å²) in [5.41, 5.74) is 0.273. The molecule has 0 radical (unpaired) electrons. The van der Waals surface area contributed by atoms with Crippen LogP contribution in [0.4, 0.5) is 0 Å². The lowest BCUT2D eigenvalue weighted by atomic mass is 10.0. The molecule has 1 fully saturated rings. The van der Waals surface area contributed by atoms with Gasteiger partial charge in [0.15, 0.2) is 0 Å². The fourth-order valence-electron chi connectivity index (χ4n) is 1.94. The zero-order valence-electron chi connectivity index (χ0n) is 9.22. The van der Waals surface area contributed by atoms with Crippen molar-refractivity contribution in [2.24, 2.45) is 0 Å². The molecule has 1 aromatic rings. The van der Waals surface area contributed by atoms with E-state index < -0.39 is 0 Å². The first-order valence-electron chi connectivity index (χ1n) is 5.28. The Hall–Kier alpha value is 0.1000. The quantitative estimate of drug-likeness (QED) is 0.900. The van der Waals surface area contributed by atoms with Crippen LogP contribution in [-0.4, -0.2) is 30.1 Å². The van der Waals surface area contributed by atoms with Crippen LogP contribution in [0.2, 0.25) is 0 Å². The molecule has 0 unspecified atom stereocenters. The first-order valence-corrected chi connectivity index (χ1v) is 6.89. The van der Waals surface area contributed by atoms with E-state index in [1.165, 1.54) is 8.66 Å². The summed E-state index contributed by atoms with van der Waals surface area (Å²) in [5, 5.41) is 3.45. The molecular formula is C11H17BrN2S. The molecule has 0 amide bonds. The van der Waals surface area contributed by atoms with Gasteiger partial charge < -0.3 is 5.32 Å². The minimum Gasteiger partial charge on any atom is -0.314 e. The van der Waals surface area contributed by atoms with E-state index in [0.29, 0.717) is 0 Å². The largest absolute Gasteiger partial charge is 0.314 e. The highest BCUT2D eigenvalue weighted by atomic mass is 79.9. The van der Waals surface area contributed by atoms with Crippen LogP contribution in [0.3, 0.4) is 0 Å². The first-order chi connectivity index (χ1) is 7.08. The summed E-state index contributed by atoms with van der Waals surface area (Å²) in [6.45, 7) is 9.02. The van der Waals surface area contributed by atoms with Crippen LogP contribution in [-0.2, 0) is 6.54 Å². The molecule has 0 aliphatic carbocycles. The third-order valence-electron chi connectivity index (χ3n) is 2.95. The Labute approximate surface area is 104 Å². The zero-order chi connectivity index (χ0) is 10.9. The average Bonchev–Trinajstić information content (AvgIpc) is 2.55. The minimum absolute atomic E-state index is 0.273. The van der Waals surface area contributed by atoms with Crippen LogP contribution in [0, 0.1) is 0 Å². The third kappa shape index (κ3) is 2.81. The fraction of sp³-hybridized carbons (Fsp3) is 0.636. The van der Waals surface area contributed by atoms with Gasteiger partial charge in [-0.2, -0.15) is 0 Å². The number of halogens is 1. The molecule has 1 aliphatic rings. The summed E-state index contributed by atoms with van der Waals surface area (Å²) in [6, 6.07) is 4.35. The first kappa shape index (κ1) is 11.6. The Bertz CT molecular complexity index is 335. The van der Waals surface area contributed by atoms with E-state index in [1.807, 2.05) is 11.3 Å². The molecule has 0 bridgehead atoms. The lowest BCUT2D eigenvalue weighted by Crippen LogP contribution is -2.57. The third-order valence-corrected chi connectivity index (χ3v) is 4.56. The molecule has 1 N–H and O–H groups in total. The molecule has 0 spiro atoms. The Morgan fingerprint density at radius 1 is 1.53 bits per heavy atom. The molecule has 0 atom stereocenters. The van der Waals surface area contributed by atoms with Crippen LogP contribution < -0.4 is 5.32 Å². The second kappa shape index (κ2) is 4.53. The Morgan fingerprint density at radius 2 is 2.33 bits per heavy atom. The predicted octanol–water partition coefficient (Wildman–Crippen LogP) is 2.69. The number of hydrogen-bond acceptors (Lipinski definition) is 3. The predicted molar refractivity (Wildman–Crippen MR) is 69.4 cm³/mol. The summed E-state index contributed by atoms with van der Waals surface area (Å²) in [5.74, 6) is 0. The van der Waals surface area contributed by atoms with Gasteiger partial charge in [0.2, 0.25) is 0 Å². The normalized spacial score (nSPS) is 21.8. The van der Waals surface area contributed by atoms with Crippen molar-refractivity contribution in [1.29, 1.82) is 0 Å². The topological polar surface area (TPSA) is 15.3 Å². The maximum Gasteiger partial charge on any atom is 0.0701 e. The van der Waals surface area contributed by atoms with Gasteiger partial charge in [0.1, 0.15) is 0 Å². The van der Waals surface area contributed by atoms with Crippen molar-refractivity contribution in [2.75, 3.05) is 19.6 Å². The monoisotopic (exact) mass is 288 g/mol. The Kier molecular flexibility index (Phi) is 3.50. The molecule has 1 saturated heterocycles. The second-order valence-corrected chi connectivity index (χ2v) is 7.16. The van der Waals surface area contributed by atoms with Gasteiger partial charge in [-0.15, -0.1) is 11.3 Å². The lowest BCUT2D eigenvalue weighted by molar-refractivity contribution is 0.0838. The Balaban J connectivity index is 2.04. The van der Waals surface area contributed by atoms with Crippen LogP contribution in [0.5, 0.6) is 0 Å². The van der Waals surface area contributed by atoms with Crippen LogP contribution in [0.15, 0.2) is 15.9 Å². The van der Waals surface area contributed by atoms with Crippen LogP contribution >= 0.6 is 27.3 Å². The molecular weight excluding hydrogens is 272 g/mol. The zero-order valence-corrected chi connectivity index (χ0v) is 11.6. The Morgan fingerprint density at radius 3 is 2.93 bits per heavy atom. The second-order valence-electron chi connectivity index (χ2n) is 4.62. The van der Waals surface area contributed by atoms with E-state index >= 15 is 0 Å². The number of nitrogens with zero attached hydrogens (tertiary/aromatic N) is 1. The molecule has 1 aliphatic heterocycles. The van der Waals surface area contributed by atoms with E-state index in [4.69, 9.17) is 0 Å². The molecule has 2 rings (SSSR count). The molecule has 0 aromatic carbocycles. The van der Waals surface area contributed by atoms with Crippen LogP contribution in [0.25, 0.3) is 0 Å². The highest BCUT2D eigenvalue weighted by Gasteiger charge is 2.29. The van der Waals surface area contributed by atoms with Crippen molar-refractivity contribution in [3.05, 3.63) is 20.8 Å². The summed E-state index contributed by atoms with van der Waals surface area (Å²) in [6.07, 6.45) is 0. The summed E-state index contributed by atoms with van der Waals surface area (Å²) in [4.78, 5) is 4.00. The minimum atomic E-state index is 0.273. The number of hydrogen-bond donors (Lipinski definition) is 1. The molecule has 0 saturated carbocycles. The number of piperazine rings is 1. The molecule has 1 aromatic heterocycles. The molecule has 84 valence electrons. The maximum atomic E-state index is 3.51. The van der Waals surface area contributed by atoms with E-state index in [1.54, 1.807) is 0 Å². The van der Waals surface area contributed by atoms with Gasteiger partial charge >= 0.3 is 0 Å². The van der Waals surface area contributed by atoms with Gasteiger partial charge in [0, 0.05) is 36.6 Å².